The van der Waals surface area contributed by atoms with Gasteiger partial charge in [-0.05, 0) is 60.9 Å². The molecule has 0 spiro atoms. The third-order valence-corrected chi connectivity index (χ3v) is 7.28. The highest BCUT2D eigenvalue weighted by molar-refractivity contribution is 7.89. The number of halogens is 1. The van der Waals surface area contributed by atoms with Crippen LogP contribution < -0.4 is 0 Å². The zero-order chi connectivity index (χ0) is 22.6. The highest BCUT2D eigenvalue weighted by Crippen LogP contribution is 2.32. The lowest BCUT2D eigenvalue weighted by atomic mass is 10.0. The normalized spacial score (nSPS) is 12.6. The topological polar surface area (TPSA) is 74.7 Å². The molecular formula is C24H24ClNO4S. The summed E-state index contributed by atoms with van der Waals surface area (Å²) in [6.07, 6.45) is 0.573. The first kappa shape index (κ1) is 23.0. The average Bonchev–Trinajstić information content (AvgIpc) is 2.75. The predicted molar refractivity (Wildman–Crippen MR) is 122 cm³/mol. The molecule has 5 nitrogen and oxygen atoms in total. The number of sulfonamides is 1. The summed E-state index contributed by atoms with van der Waals surface area (Å²) in [6.45, 7) is 4.04. The van der Waals surface area contributed by atoms with Crippen LogP contribution in [0.25, 0.3) is 0 Å². The Bertz CT molecular complexity index is 1140. The second kappa shape index (κ2) is 9.64. The van der Waals surface area contributed by atoms with E-state index in [1.807, 2.05) is 38.1 Å². The van der Waals surface area contributed by atoms with Crippen molar-refractivity contribution in [2.24, 2.45) is 0 Å². The molecule has 3 rings (SSSR count). The number of carboxylic acid groups (broad SMARTS) is 1. The fourth-order valence-electron chi connectivity index (χ4n) is 3.43. The number of aromatic carboxylic acids is 1. The maximum absolute atomic E-state index is 13.7. The smallest absolute Gasteiger partial charge is 0.335 e. The summed E-state index contributed by atoms with van der Waals surface area (Å²) in [6, 6.07) is 19.8. The van der Waals surface area contributed by atoms with E-state index in [-0.39, 0.29) is 23.0 Å². The van der Waals surface area contributed by atoms with E-state index in [2.05, 4.69) is 0 Å². The minimum atomic E-state index is -3.85. The maximum atomic E-state index is 13.7. The first-order valence-corrected chi connectivity index (χ1v) is 11.7. The maximum Gasteiger partial charge on any atom is 0.335 e. The zero-order valence-electron chi connectivity index (χ0n) is 17.3. The number of nitrogens with zero attached hydrogens (tertiary/aromatic N) is 1. The largest absolute Gasteiger partial charge is 0.478 e. The van der Waals surface area contributed by atoms with Gasteiger partial charge in [-0.25, -0.2) is 13.2 Å². The zero-order valence-corrected chi connectivity index (χ0v) is 18.9. The minimum Gasteiger partial charge on any atom is -0.478 e. The van der Waals surface area contributed by atoms with Crippen LogP contribution >= 0.6 is 11.6 Å². The Hall–Kier alpha value is -2.67. The van der Waals surface area contributed by atoms with Gasteiger partial charge < -0.3 is 5.11 Å². The summed E-state index contributed by atoms with van der Waals surface area (Å²) in [5, 5.41) is 9.60. The van der Waals surface area contributed by atoms with Crippen LogP contribution in [0.5, 0.6) is 0 Å². The van der Waals surface area contributed by atoms with E-state index in [4.69, 9.17) is 16.7 Å². The average molecular weight is 458 g/mol. The number of hydrogen-bond donors (Lipinski definition) is 1. The molecule has 3 aromatic carbocycles. The van der Waals surface area contributed by atoms with Gasteiger partial charge in [-0.15, -0.1) is 0 Å². The van der Waals surface area contributed by atoms with E-state index in [1.165, 1.54) is 28.6 Å². The van der Waals surface area contributed by atoms with Crippen LogP contribution in [0, 0.1) is 6.92 Å². The SMILES string of the molecule is CCC(c1ccc(C)cc1)N(Cc1ccc(C(=O)O)cc1)S(=O)(=O)c1ccc(Cl)cc1. The molecular weight excluding hydrogens is 434 g/mol. The van der Waals surface area contributed by atoms with Crippen LogP contribution in [0.1, 0.15) is 46.4 Å². The summed E-state index contributed by atoms with van der Waals surface area (Å²) in [5.41, 5.74) is 2.84. The fourth-order valence-corrected chi connectivity index (χ4v) is 5.23. The number of carboxylic acids is 1. The van der Waals surface area contributed by atoms with Crippen LogP contribution in [0.2, 0.25) is 5.02 Å². The van der Waals surface area contributed by atoms with E-state index in [0.717, 1.165) is 11.1 Å². The van der Waals surface area contributed by atoms with Crippen molar-refractivity contribution in [1.29, 1.82) is 0 Å². The Morgan fingerprint density at radius 3 is 2.06 bits per heavy atom. The summed E-state index contributed by atoms with van der Waals surface area (Å²) in [5.74, 6) is -1.02. The van der Waals surface area contributed by atoms with Crippen LogP contribution in [0.15, 0.2) is 77.7 Å². The van der Waals surface area contributed by atoms with Crippen molar-refractivity contribution >= 4 is 27.6 Å². The van der Waals surface area contributed by atoms with Crippen molar-refractivity contribution in [3.05, 3.63) is 100 Å². The fraction of sp³-hybridized carbons (Fsp3) is 0.208. The number of hydrogen-bond acceptors (Lipinski definition) is 3. The molecule has 0 bridgehead atoms. The Balaban J connectivity index is 2.06. The molecule has 1 atom stereocenters. The second-order valence-corrected chi connectivity index (χ2v) is 9.67. The van der Waals surface area contributed by atoms with Gasteiger partial charge in [-0.3, -0.25) is 0 Å². The standard InChI is InChI=1S/C24H24ClNO4S/c1-3-23(19-8-4-17(2)5-9-19)26(16-18-6-10-20(11-7-18)24(27)28)31(29,30)22-14-12-21(25)13-15-22/h4-15,23H,3,16H2,1-2H3,(H,27,28). The molecule has 31 heavy (non-hydrogen) atoms. The first-order valence-electron chi connectivity index (χ1n) is 9.88. The number of aryl methyl sites for hydroxylation is 1. The summed E-state index contributed by atoms with van der Waals surface area (Å²) < 4.78 is 28.8. The van der Waals surface area contributed by atoms with Gasteiger partial charge in [0.25, 0.3) is 0 Å². The molecule has 3 aromatic rings. The van der Waals surface area contributed by atoms with Gasteiger partial charge >= 0.3 is 5.97 Å². The molecule has 0 amide bonds. The van der Waals surface area contributed by atoms with Crippen molar-refractivity contribution in [3.8, 4) is 0 Å². The molecule has 0 aliphatic heterocycles. The van der Waals surface area contributed by atoms with Crippen LogP contribution in [0.4, 0.5) is 0 Å². The quantitative estimate of drug-likeness (QED) is 0.471. The molecule has 7 heteroatoms. The Kier molecular flexibility index (Phi) is 7.15. The molecule has 0 aliphatic carbocycles. The van der Waals surface area contributed by atoms with Gasteiger partial charge in [0.2, 0.25) is 10.0 Å². The van der Waals surface area contributed by atoms with Gasteiger partial charge in [0, 0.05) is 11.6 Å². The van der Waals surface area contributed by atoms with Gasteiger partial charge in [-0.1, -0.05) is 60.5 Å². The number of rotatable bonds is 8. The molecule has 0 heterocycles. The molecule has 1 N–H and O–H groups in total. The Labute approximate surface area is 188 Å². The lowest BCUT2D eigenvalue weighted by molar-refractivity contribution is 0.0697. The number of carbonyl (C=O) groups is 1. The molecule has 0 aromatic heterocycles. The third kappa shape index (κ3) is 5.34. The van der Waals surface area contributed by atoms with E-state index >= 15 is 0 Å². The van der Waals surface area contributed by atoms with Crippen molar-refractivity contribution in [3.63, 3.8) is 0 Å². The molecule has 0 saturated carbocycles. The molecule has 162 valence electrons. The summed E-state index contributed by atoms with van der Waals surface area (Å²) >= 11 is 5.96. The van der Waals surface area contributed by atoms with Gasteiger partial charge in [0.15, 0.2) is 0 Å². The van der Waals surface area contributed by atoms with Gasteiger partial charge in [-0.2, -0.15) is 4.31 Å². The van der Waals surface area contributed by atoms with Crippen molar-refractivity contribution in [1.82, 2.24) is 4.31 Å². The lowest BCUT2D eigenvalue weighted by Gasteiger charge is -2.31. The third-order valence-electron chi connectivity index (χ3n) is 5.16. The molecule has 0 saturated heterocycles. The Morgan fingerprint density at radius 2 is 1.55 bits per heavy atom. The summed E-state index contributed by atoms with van der Waals surface area (Å²) in [7, 11) is -3.85. The lowest BCUT2D eigenvalue weighted by Crippen LogP contribution is -2.34. The second-order valence-electron chi connectivity index (χ2n) is 7.34. The number of benzene rings is 3. The Morgan fingerprint density at radius 1 is 0.968 bits per heavy atom. The minimum absolute atomic E-state index is 0.108. The van der Waals surface area contributed by atoms with E-state index < -0.39 is 16.0 Å². The summed E-state index contributed by atoms with van der Waals surface area (Å²) in [4.78, 5) is 11.3. The van der Waals surface area contributed by atoms with Gasteiger partial charge in [0.05, 0.1) is 16.5 Å². The molecule has 0 fully saturated rings. The van der Waals surface area contributed by atoms with Crippen molar-refractivity contribution in [2.75, 3.05) is 0 Å². The molecule has 0 aliphatic rings. The van der Waals surface area contributed by atoms with E-state index in [9.17, 15) is 13.2 Å². The van der Waals surface area contributed by atoms with Crippen LogP contribution in [-0.2, 0) is 16.6 Å². The predicted octanol–water partition coefficient (Wildman–Crippen LogP) is 5.69. The molecule has 0 radical (unpaired) electrons. The van der Waals surface area contributed by atoms with Gasteiger partial charge in [0.1, 0.15) is 0 Å². The van der Waals surface area contributed by atoms with Crippen molar-refractivity contribution in [2.45, 2.75) is 37.8 Å². The highest BCUT2D eigenvalue weighted by Gasteiger charge is 2.32. The van der Waals surface area contributed by atoms with E-state index in [0.29, 0.717) is 17.0 Å². The van der Waals surface area contributed by atoms with Crippen LogP contribution in [-0.4, -0.2) is 23.8 Å². The molecule has 1 unspecified atom stereocenters. The highest BCUT2D eigenvalue weighted by atomic mass is 35.5. The first-order chi connectivity index (χ1) is 14.7. The van der Waals surface area contributed by atoms with Crippen LogP contribution in [0.3, 0.4) is 0 Å². The monoisotopic (exact) mass is 457 g/mol. The van der Waals surface area contributed by atoms with E-state index in [1.54, 1.807) is 24.3 Å². The van der Waals surface area contributed by atoms with Crippen molar-refractivity contribution < 1.29 is 18.3 Å².